The standard InChI is InChI=1S/3C10H15NO3.C8H18/c3*1-3-8(14-4-2)7-11-9(12)5-6-10(11)13;1-5-8(4,6-2)7-3/h3*5-6,8H,3-4,7H2,1-2H3;5-7H2,1-4H3. The summed E-state index contributed by atoms with van der Waals surface area (Å²) in [4.78, 5) is 70.9. The Bertz CT molecular complexity index is 985. The Kier molecular flexibility index (Phi) is 23.7. The molecule has 0 aromatic heterocycles. The minimum Gasteiger partial charge on any atom is -0.377 e. The highest BCUT2D eigenvalue weighted by Gasteiger charge is 2.27. The molecule has 3 rings (SSSR count). The van der Waals surface area contributed by atoms with Gasteiger partial charge in [0.15, 0.2) is 0 Å². The second kappa shape index (κ2) is 25.5. The maximum Gasteiger partial charge on any atom is 0.253 e. The molecule has 0 aromatic carbocycles. The lowest BCUT2D eigenvalue weighted by Gasteiger charge is -2.23. The van der Waals surface area contributed by atoms with E-state index in [1.807, 2.05) is 41.5 Å². The quantitative estimate of drug-likeness (QED) is 0.172. The van der Waals surface area contributed by atoms with Crippen LogP contribution < -0.4 is 0 Å². The zero-order valence-electron chi connectivity index (χ0n) is 32.2. The first-order valence-corrected chi connectivity index (χ1v) is 18.2. The fourth-order valence-electron chi connectivity index (χ4n) is 4.80. The number of amides is 6. The molecule has 3 aliphatic rings. The lowest BCUT2D eigenvalue weighted by atomic mass is 9.82. The second-order valence-electron chi connectivity index (χ2n) is 12.2. The topological polar surface area (TPSA) is 140 Å². The lowest BCUT2D eigenvalue weighted by molar-refractivity contribution is -0.140. The maximum absolute atomic E-state index is 11.2. The first-order chi connectivity index (χ1) is 23.7. The van der Waals surface area contributed by atoms with Crippen LogP contribution in [0.4, 0.5) is 0 Å². The summed E-state index contributed by atoms with van der Waals surface area (Å²) in [6.45, 7) is 23.6. The molecule has 0 N–H and O–H groups in total. The van der Waals surface area contributed by atoms with Crippen molar-refractivity contribution in [3.8, 4) is 0 Å². The fourth-order valence-corrected chi connectivity index (χ4v) is 4.80. The van der Waals surface area contributed by atoms with Gasteiger partial charge in [-0.15, -0.1) is 0 Å². The van der Waals surface area contributed by atoms with Gasteiger partial charge in [0.1, 0.15) is 0 Å². The molecular formula is C38H63N3O9. The van der Waals surface area contributed by atoms with Crippen LogP contribution in [-0.2, 0) is 43.0 Å². The SMILES string of the molecule is CCC(C)(CC)CC.CCOC(CC)CN1C(=O)C=CC1=O.CCOC(CC)CN1C(=O)C=CC1=O.CCOC(CC)CN1C(=O)C=CC1=O. The van der Waals surface area contributed by atoms with E-state index in [0.29, 0.717) is 44.9 Å². The number of carbonyl (C=O) groups is 6. The highest BCUT2D eigenvalue weighted by Crippen LogP contribution is 2.28. The van der Waals surface area contributed by atoms with Gasteiger partial charge in [0, 0.05) is 56.3 Å². The van der Waals surface area contributed by atoms with Gasteiger partial charge in [0.05, 0.1) is 37.9 Å². The highest BCUT2D eigenvalue weighted by molar-refractivity contribution is 6.14. The number of carbonyl (C=O) groups excluding carboxylic acids is 6. The van der Waals surface area contributed by atoms with Gasteiger partial charge in [-0.25, -0.2) is 0 Å². The van der Waals surface area contributed by atoms with Crippen LogP contribution >= 0.6 is 0 Å². The first kappa shape index (κ1) is 46.5. The van der Waals surface area contributed by atoms with Crippen LogP contribution in [0.3, 0.4) is 0 Å². The van der Waals surface area contributed by atoms with Crippen molar-refractivity contribution in [2.45, 2.75) is 126 Å². The van der Waals surface area contributed by atoms with Crippen molar-refractivity contribution in [3.05, 3.63) is 36.5 Å². The van der Waals surface area contributed by atoms with E-state index in [9.17, 15) is 28.8 Å². The van der Waals surface area contributed by atoms with E-state index in [1.165, 1.54) is 70.4 Å². The van der Waals surface area contributed by atoms with Gasteiger partial charge in [-0.2, -0.15) is 0 Å². The fraction of sp³-hybridized carbons (Fsp3) is 0.684. The summed E-state index contributed by atoms with van der Waals surface area (Å²) in [5, 5.41) is 0. The molecule has 3 unspecified atom stereocenters. The van der Waals surface area contributed by atoms with Crippen LogP contribution in [0.25, 0.3) is 0 Å². The molecule has 50 heavy (non-hydrogen) atoms. The summed E-state index contributed by atoms with van der Waals surface area (Å²) in [6, 6.07) is 0. The number of imide groups is 3. The average Bonchev–Trinajstić information content (AvgIpc) is 3.74. The maximum atomic E-state index is 11.2. The predicted octanol–water partition coefficient (Wildman–Crippen LogP) is 5.40. The molecule has 0 aromatic rings. The summed E-state index contributed by atoms with van der Waals surface area (Å²) >= 11 is 0. The molecule has 0 fully saturated rings. The van der Waals surface area contributed by atoms with E-state index in [0.717, 1.165) is 19.3 Å². The summed E-state index contributed by atoms with van der Waals surface area (Å²) in [7, 11) is 0. The summed E-state index contributed by atoms with van der Waals surface area (Å²) in [5.74, 6) is -1.45. The summed E-state index contributed by atoms with van der Waals surface area (Å²) in [6.07, 6.45) is 14.0. The zero-order chi connectivity index (χ0) is 38.3. The van der Waals surface area contributed by atoms with E-state index in [2.05, 4.69) is 27.7 Å². The minimum absolute atomic E-state index is 0.0483. The third-order valence-electron chi connectivity index (χ3n) is 8.99. The monoisotopic (exact) mass is 705 g/mol. The third kappa shape index (κ3) is 16.5. The third-order valence-corrected chi connectivity index (χ3v) is 8.99. The molecule has 0 spiro atoms. The van der Waals surface area contributed by atoms with E-state index >= 15 is 0 Å². The summed E-state index contributed by atoms with van der Waals surface area (Å²) < 4.78 is 16.1. The number of hydrogen-bond acceptors (Lipinski definition) is 9. The van der Waals surface area contributed by atoms with Crippen molar-refractivity contribution in [2.75, 3.05) is 39.5 Å². The Balaban J connectivity index is 0.000000653. The highest BCUT2D eigenvalue weighted by atomic mass is 16.5. The normalized spacial score (nSPS) is 17.0. The molecule has 3 heterocycles. The Morgan fingerprint density at radius 2 is 0.640 bits per heavy atom. The molecule has 0 saturated carbocycles. The van der Waals surface area contributed by atoms with Gasteiger partial charge in [-0.1, -0.05) is 67.7 Å². The molecule has 0 aliphatic carbocycles. The van der Waals surface area contributed by atoms with Crippen LogP contribution in [0.1, 0.15) is 108 Å². The molecule has 284 valence electrons. The Labute approximate surface area is 300 Å². The van der Waals surface area contributed by atoms with Crippen molar-refractivity contribution in [3.63, 3.8) is 0 Å². The molecule has 3 atom stereocenters. The van der Waals surface area contributed by atoms with Crippen LogP contribution in [0.15, 0.2) is 36.5 Å². The Hall–Kier alpha value is -3.48. The van der Waals surface area contributed by atoms with Gasteiger partial charge >= 0.3 is 0 Å². The number of ether oxygens (including phenoxy) is 3. The molecule has 12 heteroatoms. The van der Waals surface area contributed by atoms with Crippen LogP contribution in [0.5, 0.6) is 0 Å². The van der Waals surface area contributed by atoms with E-state index in [-0.39, 0.29) is 53.8 Å². The van der Waals surface area contributed by atoms with Gasteiger partial charge < -0.3 is 14.2 Å². The van der Waals surface area contributed by atoms with Gasteiger partial charge in [0.25, 0.3) is 35.4 Å². The molecule has 6 amide bonds. The Morgan fingerprint density at radius 1 is 0.440 bits per heavy atom. The van der Waals surface area contributed by atoms with Crippen molar-refractivity contribution < 1.29 is 43.0 Å². The first-order valence-electron chi connectivity index (χ1n) is 18.2. The van der Waals surface area contributed by atoms with Crippen LogP contribution in [-0.4, -0.2) is 108 Å². The van der Waals surface area contributed by atoms with E-state index in [1.54, 1.807) is 0 Å². The van der Waals surface area contributed by atoms with Gasteiger partial charge in [0.2, 0.25) is 0 Å². The number of rotatable bonds is 18. The number of hydrogen-bond donors (Lipinski definition) is 0. The molecule has 0 saturated heterocycles. The van der Waals surface area contributed by atoms with Crippen LogP contribution in [0.2, 0.25) is 0 Å². The zero-order valence-corrected chi connectivity index (χ0v) is 32.2. The largest absolute Gasteiger partial charge is 0.377 e. The Morgan fingerprint density at radius 3 is 0.760 bits per heavy atom. The van der Waals surface area contributed by atoms with E-state index in [4.69, 9.17) is 14.2 Å². The molecule has 0 radical (unpaired) electrons. The smallest absolute Gasteiger partial charge is 0.253 e. The van der Waals surface area contributed by atoms with Crippen molar-refractivity contribution in [2.24, 2.45) is 5.41 Å². The van der Waals surface area contributed by atoms with Crippen molar-refractivity contribution in [1.82, 2.24) is 14.7 Å². The average molecular weight is 706 g/mol. The molecule has 0 bridgehead atoms. The summed E-state index contributed by atoms with van der Waals surface area (Å²) in [5.41, 5.74) is 0.625. The van der Waals surface area contributed by atoms with Crippen molar-refractivity contribution in [1.29, 1.82) is 0 Å². The van der Waals surface area contributed by atoms with Gasteiger partial charge in [-0.05, 0) is 45.4 Å². The predicted molar refractivity (Wildman–Crippen MR) is 194 cm³/mol. The minimum atomic E-state index is -0.242. The van der Waals surface area contributed by atoms with Crippen molar-refractivity contribution >= 4 is 35.4 Å². The number of nitrogens with zero attached hydrogens (tertiary/aromatic N) is 3. The lowest BCUT2D eigenvalue weighted by Crippen LogP contribution is -2.37. The molecule has 3 aliphatic heterocycles. The molecular weight excluding hydrogens is 642 g/mol. The van der Waals surface area contributed by atoms with Crippen LogP contribution in [0, 0.1) is 5.41 Å². The molecule has 12 nitrogen and oxygen atoms in total. The second-order valence-corrected chi connectivity index (χ2v) is 12.2. The van der Waals surface area contributed by atoms with E-state index < -0.39 is 0 Å². The van der Waals surface area contributed by atoms with Gasteiger partial charge in [-0.3, -0.25) is 43.5 Å².